The Hall–Kier alpha value is -0.120. The maximum Gasteiger partial charge on any atom is 0.0541 e. The van der Waals surface area contributed by atoms with Crippen molar-refractivity contribution in [2.24, 2.45) is 0 Å². The predicted molar refractivity (Wildman–Crippen MR) is 66.5 cm³/mol. The van der Waals surface area contributed by atoms with Crippen LogP contribution >= 0.6 is 0 Å². The van der Waals surface area contributed by atoms with Crippen LogP contribution in [0.3, 0.4) is 0 Å². The van der Waals surface area contributed by atoms with Crippen LogP contribution in [0.4, 0.5) is 0 Å². The molecule has 1 saturated carbocycles. The third-order valence-electron chi connectivity index (χ3n) is 4.34. The van der Waals surface area contributed by atoms with Gasteiger partial charge < -0.3 is 10.0 Å². The lowest BCUT2D eigenvalue weighted by Gasteiger charge is -2.42. The summed E-state index contributed by atoms with van der Waals surface area (Å²) in [5, 5.41) is 9.54. The molecule has 0 amide bonds. The second-order valence-corrected chi connectivity index (χ2v) is 5.72. The van der Waals surface area contributed by atoms with Gasteiger partial charge in [0.15, 0.2) is 0 Å². The summed E-state index contributed by atoms with van der Waals surface area (Å²) in [6.07, 6.45) is 7.07. The van der Waals surface area contributed by atoms with E-state index in [0.29, 0.717) is 0 Å². The third kappa shape index (κ3) is 2.96. The van der Waals surface area contributed by atoms with Crippen molar-refractivity contribution in [1.82, 2.24) is 9.80 Å². The zero-order chi connectivity index (χ0) is 11.5. The first-order valence-corrected chi connectivity index (χ1v) is 6.75. The van der Waals surface area contributed by atoms with Gasteiger partial charge in [-0.25, -0.2) is 0 Å². The molecule has 3 heteroatoms. The van der Waals surface area contributed by atoms with Crippen LogP contribution in [0.25, 0.3) is 0 Å². The van der Waals surface area contributed by atoms with E-state index >= 15 is 0 Å². The van der Waals surface area contributed by atoms with Crippen LogP contribution in [0.15, 0.2) is 0 Å². The van der Waals surface area contributed by atoms with Crippen molar-refractivity contribution < 1.29 is 5.11 Å². The molecule has 1 aliphatic carbocycles. The summed E-state index contributed by atoms with van der Waals surface area (Å²) in [7, 11) is 4.39. The number of aliphatic hydroxyl groups is 1. The minimum atomic E-state index is -0.0225. The Labute approximate surface area is 99.4 Å². The molecule has 1 atom stereocenters. The van der Waals surface area contributed by atoms with Crippen molar-refractivity contribution in [3.05, 3.63) is 0 Å². The second kappa shape index (κ2) is 5.48. The van der Waals surface area contributed by atoms with E-state index in [2.05, 4.69) is 23.9 Å². The molecule has 0 bridgehead atoms. The van der Waals surface area contributed by atoms with E-state index in [4.69, 9.17) is 0 Å². The summed E-state index contributed by atoms with van der Waals surface area (Å²) in [6, 6.07) is 1.48. The van der Waals surface area contributed by atoms with Gasteiger partial charge in [-0.05, 0) is 59.2 Å². The Morgan fingerprint density at radius 2 is 1.75 bits per heavy atom. The Morgan fingerprint density at radius 3 is 2.38 bits per heavy atom. The maximum absolute atomic E-state index is 9.54. The summed E-state index contributed by atoms with van der Waals surface area (Å²) in [6.45, 7) is 2.50. The van der Waals surface area contributed by atoms with Crippen LogP contribution in [-0.4, -0.2) is 60.3 Å². The van der Waals surface area contributed by atoms with E-state index in [1.54, 1.807) is 0 Å². The Kier molecular flexibility index (Phi) is 4.22. The summed E-state index contributed by atoms with van der Waals surface area (Å²) in [5.74, 6) is 0. The van der Waals surface area contributed by atoms with E-state index in [9.17, 15) is 5.11 Å². The van der Waals surface area contributed by atoms with E-state index in [0.717, 1.165) is 24.9 Å². The smallest absolute Gasteiger partial charge is 0.0541 e. The maximum atomic E-state index is 9.54. The van der Waals surface area contributed by atoms with Crippen molar-refractivity contribution in [2.75, 3.05) is 27.2 Å². The van der Waals surface area contributed by atoms with Crippen LogP contribution in [0.1, 0.15) is 38.5 Å². The third-order valence-corrected chi connectivity index (χ3v) is 4.34. The quantitative estimate of drug-likeness (QED) is 0.769. The number of rotatable bonds is 2. The van der Waals surface area contributed by atoms with Crippen LogP contribution in [0, 0.1) is 0 Å². The average molecular weight is 226 g/mol. The second-order valence-electron chi connectivity index (χ2n) is 5.72. The molecule has 1 heterocycles. The van der Waals surface area contributed by atoms with Crippen LogP contribution in [-0.2, 0) is 0 Å². The molecule has 16 heavy (non-hydrogen) atoms. The summed E-state index contributed by atoms with van der Waals surface area (Å²) in [4.78, 5) is 5.03. The van der Waals surface area contributed by atoms with Crippen LogP contribution in [0.5, 0.6) is 0 Å². The van der Waals surface area contributed by atoms with E-state index in [-0.39, 0.29) is 6.10 Å². The molecular weight excluding hydrogens is 200 g/mol. The molecule has 2 fully saturated rings. The molecule has 1 unspecified atom stereocenters. The largest absolute Gasteiger partial charge is 0.393 e. The van der Waals surface area contributed by atoms with Gasteiger partial charge in [-0.2, -0.15) is 0 Å². The molecule has 0 aromatic heterocycles. The predicted octanol–water partition coefficient (Wildman–Crippen LogP) is 1.32. The van der Waals surface area contributed by atoms with Crippen molar-refractivity contribution in [3.8, 4) is 0 Å². The SMILES string of the molecule is CN(C)C1CCCN(C2CCC(O)CC2)C1. The number of hydrogen-bond donors (Lipinski definition) is 1. The van der Waals surface area contributed by atoms with Crippen molar-refractivity contribution in [3.63, 3.8) is 0 Å². The fraction of sp³-hybridized carbons (Fsp3) is 1.00. The molecule has 0 radical (unpaired) electrons. The van der Waals surface area contributed by atoms with Crippen molar-refractivity contribution in [2.45, 2.75) is 56.7 Å². The van der Waals surface area contributed by atoms with Gasteiger partial charge in [0.05, 0.1) is 6.10 Å². The van der Waals surface area contributed by atoms with Gasteiger partial charge >= 0.3 is 0 Å². The molecule has 0 aromatic rings. The standard InChI is InChI=1S/C13H26N2O/c1-14(2)12-4-3-9-15(10-12)11-5-7-13(16)8-6-11/h11-13,16H,3-10H2,1-2H3. The normalized spacial score (nSPS) is 37.9. The van der Waals surface area contributed by atoms with Gasteiger partial charge in [-0.1, -0.05) is 0 Å². The van der Waals surface area contributed by atoms with Crippen LogP contribution in [0.2, 0.25) is 0 Å². The number of nitrogens with zero attached hydrogens (tertiary/aromatic N) is 2. The zero-order valence-electron chi connectivity index (χ0n) is 10.7. The molecule has 0 aromatic carbocycles. The molecule has 1 N–H and O–H groups in total. The molecule has 3 nitrogen and oxygen atoms in total. The molecule has 1 saturated heterocycles. The first-order valence-electron chi connectivity index (χ1n) is 6.75. The summed E-state index contributed by atoms with van der Waals surface area (Å²) < 4.78 is 0. The highest BCUT2D eigenvalue weighted by Crippen LogP contribution is 2.26. The highest BCUT2D eigenvalue weighted by molar-refractivity contribution is 4.85. The Bertz CT molecular complexity index is 212. The Balaban J connectivity index is 1.84. The molecule has 1 aliphatic heterocycles. The summed E-state index contributed by atoms with van der Waals surface area (Å²) in [5.41, 5.74) is 0. The molecular formula is C13H26N2O. The van der Waals surface area contributed by atoms with E-state index in [1.165, 1.54) is 38.8 Å². The highest BCUT2D eigenvalue weighted by atomic mass is 16.3. The van der Waals surface area contributed by atoms with Gasteiger partial charge in [0.2, 0.25) is 0 Å². The molecule has 0 spiro atoms. The first kappa shape index (κ1) is 12.3. The minimum Gasteiger partial charge on any atom is -0.393 e. The molecule has 2 aliphatic rings. The minimum absolute atomic E-state index is 0.0225. The first-order chi connectivity index (χ1) is 7.66. The average Bonchev–Trinajstić information content (AvgIpc) is 2.30. The van der Waals surface area contributed by atoms with E-state index in [1.807, 2.05) is 0 Å². The topological polar surface area (TPSA) is 26.7 Å². The van der Waals surface area contributed by atoms with Crippen LogP contribution < -0.4 is 0 Å². The molecule has 2 rings (SSSR count). The highest BCUT2D eigenvalue weighted by Gasteiger charge is 2.29. The zero-order valence-corrected chi connectivity index (χ0v) is 10.7. The fourth-order valence-electron chi connectivity index (χ4n) is 3.16. The fourth-order valence-corrected chi connectivity index (χ4v) is 3.16. The number of likely N-dealkylation sites (N-methyl/N-ethyl adjacent to an activating group) is 1. The van der Waals surface area contributed by atoms with Gasteiger partial charge in [0.25, 0.3) is 0 Å². The lowest BCUT2D eigenvalue weighted by atomic mass is 9.90. The number of likely N-dealkylation sites (tertiary alicyclic amines) is 1. The van der Waals surface area contributed by atoms with Crippen molar-refractivity contribution >= 4 is 0 Å². The Morgan fingerprint density at radius 1 is 1.06 bits per heavy atom. The monoisotopic (exact) mass is 226 g/mol. The van der Waals surface area contributed by atoms with Gasteiger partial charge in [-0.3, -0.25) is 4.90 Å². The van der Waals surface area contributed by atoms with Gasteiger partial charge in [-0.15, -0.1) is 0 Å². The number of piperidine rings is 1. The molecule has 94 valence electrons. The van der Waals surface area contributed by atoms with Crippen molar-refractivity contribution in [1.29, 1.82) is 0 Å². The summed E-state index contributed by atoms with van der Waals surface area (Å²) >= 11 is 0. The lowest BCUT2D eigenvalue weighted by Crippen LogP contribution is -2.50. The van der Waals surface area contributed by atoms with Gasteiger partial charge in [0.1, 0.15) is 0 Å². The lowest BCUT2D eigenvalue weighted by molar-refractivity contribution is 0.0435. The van der Waals surface area contributed by atoms with Gasteiger partial charge in [0, 0.05) is 18.6 Å². The van der Waals surface area contributed by atoms with E-state index < -0.39 is 0 Å². The number of aliphatic hydroxyl groups excluding tert-OH is 1. The number of hydrogen-bond acceptors (Lipinski definition) is 3.